The molecule has 1 aromatic carbocycles. The van der Waals surface area contributed by atoms with Crippen LogP contribution < -0.4 is 5.73 Å². The first-order valence-electron chi connectivity index (χ1n) is 4.61. The predicted octanol–water partition coefficient (Wildman–Crippen LogP) is 3.04. The van der Waals surface area contributed by atoms with Crippen LogP contribution in [0.5, 0.6) is 0 Å². The van der Waals surface area contributed by atoms with Gasteiger partial charge in [-0.3, -0.25) is 0 Å². The Kier molecular flexibility index (Phi) is 3.94. The molecule has 0 saturated carbocycles. The van der Waals surface area contributed by atoms with Crippen LogP contribution in [0.4, 0.5) is 0 Å². The number of rotatable bonds is 3. The Balaban J connectivity index is 2.71. The molecule has 72 valence electrons. The van der Waals surface area contributed by atoms with Gasteiger partial charge in [0.2, 0.25) is 0 Å². The van der Waals surface area contributed by atoms with Gasteiger partial charge in [0.1, 0.15) is 0 Å². The highest BCUT2D eigenvalue weighted by Crippen LogP contribution is 2.20. The SMILES string of the molecule is Cc1c(Br)cccc1CC[C@H](C)N. The molecule has 0 saturated heterocycles. The van der Waals surface area contributed by atoms with Crippen LogP contribution >= 0.6 is 15.9 Å². The summed E-state index contributed by atoms with van der Waals surface area (Å²) < 4.78 is 1.19. The Morgan fingerprint density at radius 3 is 2.77 bits per heavy atom. The summed E-state index contributed by atoms with van der Waals surface area (Å²) in [6, 6.07) is 6.61. The van der Waals surface area contributed by atoms with Gasteiger partial charge in [-0.15, -0.1) is 0 Å². The van der Waals surface area contributed by atoms with Gasteiger partial charge in [-0.05, 0) is 43.9 Å². The summed E-state index contributed by atoms with van der Waals surface area (Å²) in [6.07, 6.45) is 2.13. The fraction of sp³-hybridized carbons (Fsp3) is 0.455. The van der Waals surface area contributed by atoms with Gasteiger partial charge in [-0.1, -0.05) is 28.1 Å². The fourth-order valence-corrected chi connectivity index (χ4v) is 1.71. The minimum absolute atomic E-state index is 0.290. The zero-order valence-electron chi connectivity index (χ0n) is 8.18. The maximum Gasteiger partial charge on any atom is 0.0207 e. The number of nitrogens with two attached hydrogens (primary N) is 1. The summed E-state index contributed by atoms with van der Waals surface area (Å²) in [5, 5.41) is 0. The third kappa shape index (κ3) is 3.12. The average molecular weight is 242 g/mol. The maximum atomic E-state index is 5.72. The largest absolute Gasteiger partial charge is 0.328 e. The minimum atomic E-state index is 0.290. The highest BCUT2D eigenvalue weighted by atomic mass is 79.9. The van der Waals surface area contributed by atoms with Crippen LogP contribution in [0, 0.1) is 6.92 Å². The molecule has 2 heteroatoms. The molecule has 1 rings (SSSR count). The van der Waals surface area contributed by atoms with E-state index in [2.05, 4.69) is 41.1 Å². The first kappa shape index (κ1) is 10.7. The molecule has 1 atom stereocenters. The molecule has 2 N–H and O–H groups in total. The van der Waals surface area contributed by atoms with E-state index in [9.17, 15) is 0 Å². The summed E-state index contributed by atoms with van der Waals surface area (Å²) >= 11 is 3.52. The van der Waals surface area contributed by atoms with Crippen molar-refractivity contribution >= 4 is 15.9 Å². The third-order valence-corrected chi connectivity index (χ3v) is 3.11. The van der Waals surface area contributed by atoms with Gasteiger partial charge >= 0.3 is 0 Å². The number of hydrogen-bond donors (Lipinski definition) is 1. The molecule has 0 bridgehead atoms. The summed E-state index contributed by atoms with van der Waals surface area (Å²) in [6.45, 7) is 4.19. The quantitative estimate of drug-likeness (QED) is 0.866. The van der Waals surface area contributed by atoms with Crippen LogP contribution in [-0.4, -0.2) is 6.04 Å². The van der Waals surface area contributed by atoms with Crippen LogP contribution in [0.3, 0.4) is 0 Å². The van der Waals surface area contributed by atoms with Crippen LogP contribution in [-0.2, 0) is 6.42 Å². The maximum absolute atomic E-state index is 5.72. The molecule has 0 radical (unpaired) electrons. The van der Waals surface area contributed by atoms with Gasteiger partial charge in [-0.2, -0.15) is 0 Å². The van der Waals surface area contributed by atoms with Gasteiger partial charge in [0, 0.05) is 10.5 Å². The molecule has 0 unspecified atom stereocenters. The lowest BCUT2D eigenvalue weighted by molar-refractivity contribution is 0.664. The second-order valence-corrected chi connectivity index (χ2v) is 4.39. The summed E-state index contributed by atoms with van der Waals surface area (Å²) in [4.78, 5) is 0. The van der Waals surface area contributed by atoms with E-state index in [4.69, 9.17) is 5.73 Å². The molecule has 1 nitrogen and oxygen atoms in total. The van der Waals surface area contributed by atoms with Crippen molar-refractivity contribution in [3.8, 4) is 0 Å². The Labute approximate surface area is 88.5 Å². The van der Waals surface area contributed by atoms with E-state index in [1.54, 1.807) is 0 Å². The lowest BCUT2D eigenvalue weighted by Gasteiger charge is -2.08. The number of benzene rings is 1. The van der Waals surface area contributed by atoms with Crippen molar-refractivity contribution in [1.29, 1.82) is 0 Å². The molecule has 0 heterocycles. The van der Waals surface area contributed by atoms with Gasteiger partial charge < -0.3 is 5.73 Å². The number of halogens is 1. The molecule has 0 aliphatic carbocycles. The number of aryl methyl sites for hydroxylation is 1. The van der Waals surface area contributed by atoms with E-state index in [-0.39, 0.29) is 0 Å². The molecule has 13 heavy (non-hydrogen) atoms. The summed E-state index contributed by atoms with van der Waals surface area (Å²) in [5.41, 5.74) is 8.45. The molecule has 0 aromatic heterocycles. The van der Waals surface area contributed by atoms with Crippen molar-refractivity contribution in [2.75, 3.05) is 0 Å². The standard InChI is InChI=1S/C11H16BrN/c1-8(13)6-7-10-4-3-5-11(12)9(10)2/h3-5,8H,6-7,13H2,1-2H3/t8-/m0/s1. The molecule has 0 aliphatic heterocycles. The van der Waals surface area contributed by atoms with Crippen molar-refractivity contribution in [2.24, 2.45) is 5.73 Å². The summed E-state index contributed by atoms with van der Waals surface area (Å²) in [5.74, 6) is 0. The van der Waals surface area contributed by atoms with Crippen LogP contribution in [0.25, 0.3) is 0 Å². The third-order valence-electron chi connectivity index (χ3n) is 2.25. The fourth-order valence-electron chi connectivity index (χ4n) is 1.31. The van der Waals surface area contributed by atoms with Crippen molar-refractivity contribution in [3.63, 3.8) is 0 Å². The monoisotopic (exact) mass is 241 g/mol. The van der Waals surface area contributed by atoms with E-state index < -0.39 is 0 Å². The molecular weight excluding hydrogens is 226 g/mol. The predicted molar refractivity (Wildman–Crippen MR) is 60.8 cm³/mol. The molecular formula is C11H16BrN. The van der Waals surface area contributed by atoms with E-state index in [0.29, 0.717) is 6.04 Å². The minimum Gasteiger partial charge on any atom is -0.328 e. The van der Waals surface area contributed by atoms with Crippen LogP contribution in [0.15, 0.2) is 22.7 Å². The van der Waals surface area contributed by atoms with Crippen molar-refractivity contribution in [2.45, 2.75) is 32.7 Å². The van der Waals surface area contributed by atoms with E-state index in [1.165, 1.54) is 15.6 Å². The van der Waals surface area contributed by atoms with Crippen molar-refractivity contribution in [1.82, 2.24) is 0 Å². The van der Waals surface area contributed by atoms with Gasteiger partial charge in [0.25, 0.3) is 0 Å². The first-order valence-corrected chi connectivity index (χ1v) is 5.40. The Hall–Kier alpha value is -0.340. The zero-order chi connectivity index (χ0) is 9.84. The van der Waals surface area contributed by atoms with Gasteiger partial charge in [0.05, 0.1) is 0 Å². The van der Waals surface area contributed by atoms with E-state index in [1.807, 2.05) is 6.92 Å². The molecule has 1 aromatic rings. The second-order valence-electron chi connectivity index (χ2n) is 3.54. The van der Waals surface area contributed by atoms with E-state index >= 15 is 0 Å². The molecule has 0 aliphatic rings. The van der Waals surface area contributed by atoms with Crippen molar-refractivity contribution in [3.05, 3.63) is 33.8 Å². The Morgan fingerprint density at radius 1 is 1.46 bits per heavy atom. The first-order chi connectivity index (χ1) is 6.11. The number of hydrogen-bond acceptors (Lipinski definition) is 1. The van der Waals surface area contributed by atoms with Crippen LogP contribution in [0.2, 0.25) is 0 Å². The van der Waals surface area contributed by atoms with Crippen molar-refractivity contribution < 1.29 is 0 Å². The van der Waals surface area contributed by atoms with E-state index in [0.717, 1.165) is 12.8 Å². The second kappa shape index (κ2) is 4.77. The average Bonchev–Trinajstić information content (AvgIpc) is 2.07. The van der Waals surface area contributed by atoms with Gasteiger partial charge in [0.15, 0.2) is 0 Å². The molecule has 0 amide bonds. The Morgan fingerprint density at radius 2 is 2.15 bits per heavy atom. The molecule has 0 spiro atoms. The summed E-state index contributed by atoms with van der Waals surface area (Å²) in [7, 11) is 0. The highest BCUT2D eigenvalue weighted by Gasteiger charge is 2.02. The molecule has 0 fully saturated rings. The normalized spacial score (nSPS) is 12.9. The Bertz CT molecular complexity index is 281. The lowest BCUT2D eigenvalue weighted by atomic mass is 10.0. The highest BCUT2D eigenvalue weighted by molar-refractivity contribution is 9.10. The topological polar surface area (TPSA) is 26.0 Å². The van der Waals surface area contributed by atoms with Crippen LogP contribution in [0.1, 0.15) is 24.5 Å². The van der Waals surface area contributed by atoms with Gasteiger partial charge in [-0.25, -0.2) is 0 Å². The smallest absolute Gasteiger partial charge is 0.0207 e. The lowest BCUT2D eigenvalue weighted by Crippen LogP contribution is -2.15. The zero-order valence-corrected chi connectivity index (χ0v) is 9.76.